The van der Waals surface area contributed by atoms with Gasteiger partial charge in [-0.15, -0.1) is 24.0 Å². The first-order valence-corrected chi connectivity index (χ1v) is 10.0. The van der Waals surface area contributed by atoms with Gasteiger partial charge in [0.05, 0.1) is 11.6 Å². The lowest BCUT2D eigenvalue weighted by atomic mass is 10.1. The van der Waals surface area contributed by atoms with Gasteiger partial charge >= 0.3 is 0 Å². The molecule has 0 bridgehead atoms. The van der Waals surface area contributed by atoms with Gasteiger partial charge in [-0.2, -0.15) is 5.10 Å². The van der Waals surface area contributed by atoms with Crippen molar-refractivity contribution in [2.45, 2.75) is 38.6 Å². The molecule has 0 radical (unpaired) electrons. The quantitative estimate of drug-likeness (QED) is 0.336. The van der Waals surface area contributed by atoms with Crippen molar-refractivity contribution in [2.75, 3.05) is 27.4 Å². The molecule has 2 aliphatic rings. The fourth-order valence-electron chi connectivity index (χ4n) is 3.51. The number of aromatic nitrogens is 3. The van der Waals surface area contributed by atoms with E-state index < -0.39 is 0 Å². The van der Waals surface area contributed by atoms with E-state index in [1.807, 2.05) is 16.8 Å². The van der Waals surface area contributed by atoms with Crippen LogP contribution in [0.2, 0.25) is 5.02 Å². The first kappa shape index (κ1) is 22.9. The summed E-state index contributed by atoms with van der Waals surface area (Å²) in [5.74, 6) is 3.75. The van der Waals surface area contributed by atoms with E-state index in [0.29, 0.717) is 42.9 Å². The maximum atomic E-state index is 6.32. The lowest BCUT2D eigenvalue weighted by Gasteiger charge is -2.25. The molecule has 0 aliphatic carbocycles. The molecule has 1 aromatic carbocycles. The van der Waals surface area contributed by atoms with Crippen molar-refractivity contribution in [3.05, 3.63) is 34.4 Å². The van der Waals surface area contributed by atoms with Crippen LogP contribution in [-0.2, 0) is 30.9 Å². The zero-order chi connectivity index (χ0) is 20.2. The molecule has 30 heavy (non-hydrogen) atoms. The Morgan fingerprint density at radius 2 is 2.20 bits per heavy atom. The molecule has 2 aromatic rings. The highest BCUT2D eigenvalue weighted by Gasteiger charge is 2.22. The van der Waals surface area contributed by atoms with Gasteiger partial charge in [0.1, 0.15) is 25.6 Å². The van der Waals surface area contributed by atoms with Crippen LogP contribution >= 0.6 is 35.6 Å². The predicted octanol–water partition coefficient (Wildman–Crippen LogP) is 2.15. The molecular weight excluding hydrogens is 523 g/mol. The van der Waals surface area contributed by atoms with Crippen LogP contribution in [-0.4, -0.2) is 54.1 Å². The zero-order valence-electron chi connectivity index (χ0n) is 17.0. The number of aliphatic imine (C=N–C) groups is 1. The van der Waals surface area contributed by atoms with Gasteiger partial charge in [-0.25, -0.2) is 9.67 Å². The molecule has 3 heterocycles. The van der Waals surface area contributed by atoms with E-state index in [4.69, 9.17) is 25.8 Å². The molecule has 1 atom stereocenters. The van der Waals surface area contributed by atoms with Crippen LogP contribution in [0.3, 0.4) is 0 Å². The fraction of sp³-hybridized carbons (Fsp3) is 0.526. The highest BCUT2D eigenvalue weighted by molar-refractivity contribution is 14.0. The third kappa shape index (κ3) is 5.27. The maximum absolute atomic E-state index is 6.32. The van der Waals surface area contributed by atoms with E-state index in [1.54, 1.807) is 14.2 Å². The number of methoxy groups -OCH3 is 1. The predicted molar refractivity (Wildman–Crippen MR) is 124 cm³/mol. The number of nitrogens with one attached hydrogen (secondary N) is 2. The Balaban J connectivity index is 0.00000256. The van der Waals surface area contributed by atoms with Gasteiger partial charge in [0, 0.05) is 33.2 Å². The van der Waals surface area contributed by atoms with Crippen LogP contribution < -0.4 is 20.1 Å². The monoisotopic (exact) mass is 548 g/mol. The number of ether oxygens (including phenoxy) is 3. The van der Waals surface area contributed by atoms with Crippen LogP contribution in [0.5, 0.6) is 11.5 Å². The van der Waals surface area contributed by atoms with Gasteiger partial charge in [0.15, 0.2) is 23.3 Å². The van der Waals surface area contributed by atoms with E-state index in [1.165, 1.54) is 0 Å². The number of fused-ring (bicyclic) bond motifs is 2. The summed E-state index contributed by atoms with van der Waals surface area (Å²) in [6.45, 7) is 2.78. The number of rotatable bonds is 5. The van der Waals surface area contributed by atoms with Crippen LogP contribution in [0.1, 0.15) is 23.6 Å². The van der Waals surface area contributed by atoms with Crippen LogP contribution in [0.4, 0.5) is 0 Å². The normalized spacial score (nSPS) is 17.7. The summed E-state index contributed by atoms with van der Waals surface area (Å²) < 4.78 is 18.3. The minimum atomic E-state index is 0. The van der Waals surface area contributed by atoms with Crippen LogP contribution in [0, 0.1) is 0 Å². The average Bonchev–Trinajstić information content (AvgIpc) is 3.13. The molecule has 0 amide bonds. The minimum Gasteiger partial charge on any atom is -0.486 e. The average molecular weight is 549 g/mol. The molecule has 0 saturated carbocycles. The third-order valence-corrected chi connectivity index (χ3v) is 5.14. The molecule has 0 saturated heterocycles. The number of nitrogens with zero attached hydrogens (tertiary/aromatic N) is 4. The summed E-state index contributed by atoms with van der Waals surface area (Å²) in [7, 11) is 3.40. The molecule has 2 N–H and O–H groups in total. The highest BCUT2D eigenvalue weighted by atomic mass is 127. The second-order valence-electron chi connectivity index (χ2n) is 6.97. The van der Waals surface area contributed by atoms with Gasteiger partial charge in [-0.1, -0.05) is 11.6 Å². The molecule has 11 heteroatoms. The summed E-state index contributed by atoms with van der Waals surface area (Å²) in [6.07, 6.45) is 1.82. The molecule has 9 nitrogen and oxygen atoms in total. The van der Waals surface area contributed by atoms with Gasteiger partial charge in [-0.3, -0.25) is 4.99 Å². The van der Waals surface area contributed by atoms with Crippen molar-refractivity contribution >= 4 is 41.5 Å². The number of benzene rings is 1. The van der Waals surface area contributed by atoms with Crippen LogP contribution in [0.15, 0.2) is 17.1 Å². The van der Waals surface area contributed by atoms with Crippen LogP contribution in [0.25, 0.3) is 0 Å². The van der Waals surface area contributed by atoms with Gasteiger partial charge in [-0.05, 0) is 24.1 Å². The standard InChI is InChI=1S/C19H25ClN6O3.HI/c1-21-19(22-9-12-7-14(20)18-15(8-12)28-5-6-29-18)23-13-3-4-17-24-16(11-27-2)25-26(17)10-13;/h7-8,13H,3-6,9-11H2,1-2H3,(H2,21,22,23);1H. The van der Waals surface area contributed by atoms with Crippen molar-refractivity contribution in [2.24, 2.45) is 4.99 Å². The minimum absolute atomic E-state index is 0. The first-order valence-electron chi connectivity index (χ1n) is 9.63. The van der Waals surface area contributed by atoms with E-state index in [0.717, 1.165) is 42.6 Å². The van der Waals surface area contributed by atoms with Crippen molar-refractivity contribution in [1.29, 1.82) is 0 Å². The third-order valence-electron chi connectivity index (χ3n) is 4.86. The van der Waals surface area contributed by atoms with Crippen molar-refractivity contribution in [3.8, 4) is 11.5 Å². The Labute approximate surface area is 197 Å². The molecule has 164 valence electrons. The molecule has 0 spiro atoms. The van der Waals surface area contributed by atoms with E-state index >= 15 is 0 Å². The Hall–Kier alpha value is -1.79. The lowest BCUT2D eigenvalue weighted by Crippen LogP contribution is -2.46. The summed E-state index contributed by atoms with van der Waals surface area (Å²) >= 11 is 6.32. The number of guanidine groups is 1. The second kappa shape index (κ2) is 10.5. The van der Waals surface area contributed by atoms with E-state index in [9.17, 15) is 0 Å². The largest absolute Gasteiger partial charge is 0.486 e. The molecular formula is C19H26ClIN6O3. The molecule has 1 aromatic heterocycles. The summed E-state index contributed by atoms with van der Waals surface area (Å²) in [5.41, 5.74) is 0.994. The fourth-order valence-corrected chi connectivity index (χ4v) is 3.80. The van der Waals surface area contributed by atoms with Crippen molar-refractivity contribution in [3.63, 3.8) is 0 Å². The number of halogens is 2. The molecule has 0 fully saturated rings. The summed E-state index contributed by atoms with van der Waals surface area (Å²) in [6, 6.07) is 4.05. The van der Waals surface area contributed by atoms with Gasteiger partial charge in [0.2, 0.25) is 0 Å². The molecule has 2 aliphatic heterocycles. The Morgan fingerprint density at radius 1 is 1.37 bits per heavy atom. The topological polar surface area (TPSA) is 94.8 Å². The van der Waals surface area contributed by atoms with E-state index in [-0.39, 0.29) is 30.0 Å². The van der Waals surface area contributed by atoms with E-state index in [2.05, 4.69) is 25.7 Å². The Kier molecular flexibility index (Phi) is 8.00. The first-order chi connectivity index (χ1) is 14.2. The van der Waals surface area contributed by atoms with Gasteiger partial charge in [0.25, 0.3) is 0 Å². The maximum Gasteiger partial charge on any atom is 0.191 e. The lowest BCUT2D eigenvalue weighted by molar-refractivity contribution is 0.171. The zero-order valence-corrected chi connectivity index (χ0v) is 20.1. The second-order valence-corrected chi connectivity index (χ2v) is 7.37. The molecule has 1 unspecified atom stereocenters. The van der Waals surface area contributed by atoms with Gasteiger partial charge < -0.3 is 24.8 Å². The number of aryl methyl sites for hydroxylation is 1. The van der Waals surface area contributed by atoms with Crippen molar-refractivity contribution < 1.29 is 14.2 Å². The summed E-state index contributed by atoms with van der Waals surface area (Å²) in [5, 5.41) is 11.9. The molecule has 4 rings (SSSR count). The Morgan fingerprint density at radius 3 is 3.00 bits per heavy atom. The number of hydrogen-bond donors (Lipinski definition) is 2. The highest BCUT2D eigenvalue weighted by Crippen LogP contribution is 2.38. The SMILES string of the molecule is CN=C(NCc1cc(Cl)c2c(c1)OCCO2)NC1CCc2nc(COC)nn2C1.I. The smallest absolute Gasteiger partial charge is 0.191 e. The summed E-state index contributed by atoms with van der Waals surface area (Å²) in [4.78, 5) is 8.85. The Bertz CT molecular complexity index is 907. The van der Waals surface area contributed by atoms with Crippen molar-refractivity contribution in [1.82, 2.24) is 25.4 Å². The number of hydrogen-bond acceptors (Lipinski definition) is 6.